The quantitative estimate of drug-likeness (QED) is 0.437. The van der Waals surface area contributed by atoms with E-state index in [0.717, 1.165) is 16.9 Å². The Balaban J connectivity index is 1.65. The molecule has 2 heterocycles. The molecule has 9 heteroatoms. The monoisotopic (exact) mass is 327 g/mol. The largest absolute Gasteiger partial charge is 0.433 e. The zero-order chi connectivity index (χ0) is 17.1. The van der Waals surface area contributed by atoms with Gasteiger partial charge in [0.05, 0.1) is 23.3 Å². The van der Waals surface area contributed by atoms with Crippen molar-refractivity contribution in [3.8, 4) is 0 Å². The summed E-state index contributed by atoms with van der Waals surface area (Å²) in [5, 5.41) is 14.2. The third kappa shape index (κ3) is 3.14. The first-order chi connectivity index (χ1) is 11.5. The Morgan fingerprint density at radius 3 is 2.96 bits per heavy atom. The fourth-order valence-corrected chi connectivity index (χ4v) is 2.25. The van der Waals surface area contributed by atoms with Crippen LogP contribution >= 0.6 is 0 Å². The lowest BCUT2D eigenvalue weighted by molar-refractivity contribution is -0.402. The van der Waals surface area contributed by atoms with Crippen LogP contribution in [0.15, 0.2) is 45.9 Å². The third-order valence-corrected chi connectivity index (χ3v) is 3.32. The van der Waals surface area contributed by atoms with Crippen LogP contribution in [-0.4, -0.2) is 26.6 Å². The van der Waals surface area contributed by atoms with E-state index in [-0.39, 0.29) is 24.1 Å². The van der Waals surface area contributed by atoms with Crippen LogP contribution < -0.4 is 5.43 Å². The van der Waals surface area contributed by atoms with Crippen molar-refractivity contribution in [1.82, 2.24) is 15.0 Å². The molecule has 0 unspecified atom stereocenters. The van der Waals surface area contributed by atoms with Gasteiger partial charge in [-0.1, -0.05) is 12.1 Å². The van der Waals surface area contributed by atoms with Crippen LogP contribution in [0, 0.1) is 17.0 Å². The van der Waals surface area contributed by atoms with E-state index < -0.39 is 4.92 Å². The Morgan fingerprint density at radius 2 is 2.21 bits per heavy atom. The first-order valence-electron chi connectivity index (χ1n) is 7.02. The molecule has 0 bridgehead atoms. The number of hydrogen-bond donors (Lipinski definition) is 1. The molecule has 0 atom stereocenters. The number of carbonyl (C=O) groups is 1. The Morgan fingerprint density at radius 1 is 1.42 bits per heavy atom. The van der Waals surface area contributed by atoms with Gasteiger partial charge in [-0.3, -0.25) is 14.9 Å². The van der Waals surface area contributed by atoms with E-state index in [0.29, 0.717) is 0 Å². The molecule has 122 valence electrons. The lowest BCUT2D eigenvalue weighted by Gasteiger charge is -2.05. The van der Waals surface area contributed by atoms with Gasteiger partial charge in [0, 0.05) is 0 Å². The van der Waals surface area contributed by atoms with Crippen LogP contribution in [0.4, 0.5) is 5.88 Å². The minimum atomic E-state index is -0.650. The summed E-state index contributed by atoms with van der Waals surface area (Å²) in [7, 11) is 0. The van der Waals surface area contributed by atoms with E-state index in [1.807, 2.05) is 31.2 Å². The van der Waals surface area contributed by atoms with Crippen molar-refractivity contribution >= 4 is 29.0 Å². The van der Waals surface area contributed by atoms with Crippen LogP contribution in [0.25, 0.3) is 11.0 Å². The summed E-state index contributed by atoms with van der Waals surface area (Å²) < 4.78 is 6.67. The van der Waals surface area contributed by atoms with Crippen LogP contribution in [0.1, 0.15) is 11.6 Å². The molecule has 0 fully saturated rings. The topological polar surface area (TPSA) is 116 Å². The number of hydrazone groups is 1. The van der Waals surface area contributed by atoms with Crippen molar-refractivity contribution in [2.45, 2.75) is 13.5 Å². The maximum absolute atomic E-state index is 12.0. The van der Waals surface area contributed by atoms with Gasteiger partial charge in [0.1, 0.15) is 17.3 Å². The summed E-state index contributed by atoms with van der Waals surface area (Å²) in [6.45, 7) is 1.88. The summed E-state index contributed by atoms with van der Waals surface area (Å²) >= 11 is 0. The number of nitro groups is 1. The number of nitrogens with one attached hydrogen (secondary N) is 1. The molecule has 3 aromatic rings. The van der Waals surface area contributed by atoms with Gasteiger partial charge in [0.2, 0.25) is 0 Å². The third-order valence-electron chi connectivity index (χ3n) is 3.32. The zero-order valence-corrected chi connectivity index (χ0v) is 12.7. The average Bonchev–Trinajstić information content (AvgIpc) is 3.13. The first-order valence-corrected chi connectivity index (χ1v) is 7.02. The van der Waals surface area contributed by atoms with Crippen molar-refractivity contribution in [1.29, 1.82) is 0 Å². The standard InChI is InChI=1S/C15H13N5O4/c1-10-17-12-4-2-3-5-13(12)19(10)9-14(21)18-16-8-11-6-7-15(24-11)20(22)23/h2-8H,9H2,1H3,(H,18,21)/b16-8-. The fourth-order valence-electron chi connectivity index (χ4n) is 2.25. The smallest absolute Gasteiger partial charge is 0.400 e. The van der Waals surface area contributed by atoms with Crippen LogP contribution in [0.5, 0.6) is 0 Å². The number of imidazole rings is 1. The summed E-state index contributed by atoms with van der Waals surface area (Å²) in [4.78, 5) is 26.2. The van der Waals surface area contributed by atoms with Crippen LogP contribution in [0.2, 0.25) is 0 Å². The van der Waals surface area contributed by atoms with Crippen LogP contribution in [-0.2, 0) is 11.3 Å². The minimum Gasteiger partial charge on any atom is -0.400 e. The van der Waals surface area contributed by atoms with Gasteiger partial charge in [-0.15, -0.1) is 0 Å². The normalized spacial score (nSPS) is 11.2. The summed E-state index contributed by atoms with van der Waals surface area (Å²) in [6.07, 6.45) is 1.20. The minimum absolute atomic E-state index is 0.0575. The maximum atomic E-state index is 12.0. The number of aromatic nitrogens is 2. The molecule has 3 rings (SSSR count). The molecule has 1 aromatic carbocycles. The van der Waals surface area contributed by atoms with E-state index in [1.54, 1.807) is 4.57 Å². The van der Waals surface area contributed by atoms with E-state index in [2.05, 4.69) is 15.5 Å². The molecule has 1 N–H and O–H groups in total. The number of nitrogens with zero attached hydrogens (tertiary/aromatic N) is 4. The summed E-state index contributed by atoms with van der Waals surface area (Å²) in [5.41, 5.74) is 4.02. The Labute approximate surface area is 135 Å². The highest BCUT2D eigenvalue weighted by atomic mass is 16.6. The Hall–Kier alpha value is -3.49. The molecule has 2 aromatic heterocycles. The number of fused-ring (bicyclic) bond motifs is 1. The average molecular weight is 327 g/mol. The Kier molecular flexibility index (Phi) is 4.06. The number of furan rings is 1. The van der Waals surface area contributed by atoms with Crippen molar-refractivity contribution in [2.24, 2.45) is 5.10 Å². The molecule has 0 aliphatic rings. The maximum Gasteiger partial charge on any atom is 0.433 e. The van der Waals surface area contributed by atoms with Gasteiger partial charge in [0.25, 0.3) is 5.91 Å². The molecule has 24 heavy (non-hydrogen) atoms. The SMILES string of the molecule is Cc1nc2ccccc2n1CC(=O)N/N=C\c1ccc([N+](=O)[O-])o1. The summed E-state index contributed by atoms with van der Waals surface area (Å²) in [6, 6.07) is 10.1. The van der Waals surface area contributed by atoms with Gasteiger partial charge in [-0.25, -0.2) is 10.4 Å². The first kappa shape index (κ1) is 15.4. The molecule has 0 saturated carbocycles. The number of amides is 1. The molecular formula is C15H13N5O4. The van der Waals surface area contributed by atoms with Gasteiger partial charge in [-0.05, 0) is 25.1 Å². The molecule has 1 amide bonds. The predicted octanol–water partition coefficient (Wildman–Crippen LogP) is 2.00. The number of aryl methyl sites for hydroxylation is 1. The number of carbonyl (C=O) groups excluding carboxylic acids is 1. The lowest BCUT2D eigenvalue weighted by atomic mass is 10.3. The van der Waals surface area contributed by atoms with E-state index in [4.69, 9.17) is 4.42 Å². The van der Waals surface area contributed by atoms with Gasteiger partial charge < -0.3 is 8.98 Å². The fraction of sp³-hybridized carbons (Fsp3) is 0.133. The van der Waals surface area contributed by atoms with E-state index in [9.17, 15) is 14.9 Å². The highest BCUT2D eigenvalue weighted by molar-refractivity contribution is 5.82. The Bertz CT molecular complexity index is 940. The summed E-state index contributed by atoms with van der Waals surface area (Å²) in [5.74, 6) is 0.157. The molecule has 0 spiro atoms. The molecular weight excluding hydrogens is 314 g/mol. The van der Waals surface area contributed by atoms with E-state index in [1.165, 1.54) is 18.3 Å². The van der Waals surface area contributed by atoms with Gasteiger partial charge in [0.15, 0.2) is 5.76 Å². The molecule has 0 aliphatic heterocycles. The van der Waals surface area contributed by atoms with Gasteiger partial charge in [-0.2, -0.15) is 5.10 Å². The number of rotatable bonds is 5. The molecule has 0 radical (unpaired) electrons. The zero-order valence-electron chi connectivity index (χ0n) is 12.7. The molecule has 0 aliphatic carbocycles. The number of benzene rings is 1. The number of hydrogen-bond acceptors (Lipinski definition) is 6. The van der Waals surface area contributed by atoms with E-state index >= 15 is 0 Å². The molecule has 9 nitrogen and oxygen atoms in total. The second-order valence-corrected chi connectivity index (χ2v) is 4.96. The second-order valence-electron chi connectivity index (χ2n) is 4.96. The highest BCUT2D eigenvalue weighted by Gasteiger charge is 2.11. The lowest BCUT2D eigenvalue weighted by Crippen LogP contribution is -2.23. The van der Waals surface area contributed by atoms with Crippen LogP contribution in [0.3, 0.4) is 0 Å². The van der Waals surface area contributed by atoms with Crippen molar-refractivity contribution in [3.05, 3.63) is 58.1 Å². The number of para-hydroxylation sites is 2. The predicted molar refractivity (Wildman–Crippen MR) is 85.6 cm³/mol. The molecule has 0 saturated heterocycles. The van der Waals surface area contributed by atoms with Crippen molar-refractivity contribution < 1.29 is 14.1 Å². The van der Waals surface area contributed by atoms with Gasteiger partial charge >= 0.3 is 5.88 Å². The second kappa shape index (κ2) is 6.32. The van der Waals surface area contributed by atoms with Crippen molar-refractivity contribution in [2.75, 3.05) is 0 Å². The van der Waals surface area contributed by atoms with Crippen molar-refractivity contribution in [3.63, 3.8) is 0 Å². The highest BCUT2D eigenvalue weighted by Crippen LogP contribution is 2.15.